The number of anilines is 1. The Morgan fingerprint density at radius 1 is 0.862 bits per heavy atom. The van der Waals surface area contributed by atoms with Crippen molar-refractivity contribution in [1.82, 2.24) is 19.8 Å². The Kier molecular flexibility index (Phi) is 5.74. The molecule has 0 radical (unpaired) electrons. The van der Waals surface area contributed by atoms with Crippen molar-refractivity contribution in [3.05, 3.63) is 53.9 Å². The van der Waals surface area contributed by atoms with Crippen LogP contribution in [0.15, 0.2) is 42.7 Å². The normalized spacial score (nSPS) is 25.9. The predicted molar refractivity (Wildman–Crippen MR) is 114 cm³/mol. The number of fused-ring (bicyclic) bond motifs is 4. The largest absolute Gasteiger partial charge is 0.378 e. The summed E-state index contributed by atoms with van der Waals surface area (Å²) >= 11 is 0. The standard InChI is InChI=1S/C23H31N5O/c1-2-4-19(5-3-1)14-26-15-20-6-7-22(18-26)28(16-20)17-21-12-24-23(25-13-21)27-8-10-29-11-9-27/h1-5,12-13,20,22H,6-11,14-18H2/t20-,22+/m0/s1. The maximum absolute atomic E-state index is 5.42. The maximum Gasteiger partial charge on any atom is 0.225 e. The molecule has 1 aromatic heterocycles. The van der Waals surface area contributed by atoms with Crippen LogP contribution in [0.5, 0.6) is 0 Å². The molecule has 2 bridgehead atoms. The van der Waals surface area contributed by atoms with E-state index in [1.807, 2.05) is 12.4 Å². The van der Waals surface area contributed by atoms with Gasteiger partial charge in [-0.3, -0.25) is 9.80 Å². The number of ether oxygens (including phenoxy) is 1. The Morgan fingerprint density at radius 2 is 1.66 bits per heavy atom. The summed E-state index contributed by atoms with van der Waals surface area (Å²) in [7, 11) is 0. The number of hydrogen-bond acceptors (Lipinski definition) is 6. The van der Waals surface area contributed by atoms with Crippen LogP contribution in [0.2, 0.25) is 0 Å². The van der Waals surface area contributed by atoms with E-state index in [2.05, 4.69) is 55.0 Å². The topological polar surface area (TPSA) is 44.7 Å². The van der Waals surface area contributed by atoms with E-state index < -0.39 is 0 Å². The third-order valence-electron chi connectivity index (χ3n) is 6.52. The Hall–Kier alpha value is -2.02. The van der Waals surface area contributed by atoms with Crippen molar-refractivity contribution in [3.8, 4) is 0 Å². The average molecular weight is 394 g/mol. The van der Waals surface area contributed by atoms with E-state index in [4.69, 9.17) is 4.74 Å². The molecule has 6 rings (SSSR count). The molecule has 0 aliphatic carbocycles. The van der Waals surface area contributed by atoms with Crippen molar-refractivity contribution in [2.24, 2.45) is 5.92 Å². The van der Waals surface area contributed by atoms with E-state index in [1.54, 1.807) is 0 Å². The molecule has 0 saturated carbocycles. The molecule has 4 aliphatic rings. The lowest BCUT2D eigenvalue weighted by molar-refractivity contribution is 0.121. The van der Waals surface area contributed by atoms with E-state index in [1.165, 1.54) is 37.1 Å². The molecule has 6 heteroatoms. The van der Waals surface area contributed by atoms with Gasteiger partial charge in [-0.15, -0.1) is 0 Å². The van der Waals surface area contributed by atoms with Crippen LogP contribution in [-0.4, -0.2) is 71.7 Å². The minimum absolute atomic E-state index is 0.636. The van der Waals surface area contributed by atoms with Crippen LogP contribution in [0.25, 0.3) is 0 Å². The van der Waals surface area contributed by atoms with Gasteiger partial charge in [-0.2, -0.15) is 0 Å². The zero-order valence-electron chi connectivity index (χ0n) is 17.1. The fraction of sp³-hybridized carbons (Fsp3) is 0.565. The van der Waals surface area contributed by atoms with Gasteiger partial charge >= 0.3 is 0 Å². The van der Waals surface area contributed by atoms with E-state index in [9.17, 15) is 0 Å². The number of morpholine rings is 1. The van der Waals surface area contributed by atoms with Crippen LogP contribution in [0.1, 0.15) is 24.0 Å². The Morgan fingerprint density at radius 3 is 2.45 bits per heavy atom. The van der Waals surface area contributed by atoms with Crippen molar-refractivity contribution in [2.45, 2.75) is 32.0 Å². The highest BCUT2D eigenvalue weighted by molar-refractivity contribution is 5.30. The summed E-state index contributed by atoms with van der Waals surface area (Å²) in [5.74, 6) is 1.61. The summed E-state index contributed by atoms with van der Waals surface area (Å²) in [6.07, 6.45) is 6.72. The van der Waals surface area contributed by atoms with E-state index in [0.29, 0.717) is 6.04 Å². The van der Waals surface area contributed by atoms with Crippen LogP contribution in [0.4, 0.5) is 5.95 Å². The molecule has 4 saturated heterocycles. The highest BCUT2D eigenvalue weighted by atomic mass is 16.5. The van der Waals surface area contributed by atoms with Crippen molar-refractivity contribution < 1.29 is 4.74 Å². The first-order valence-electron chi connectivity index (χ1n) is 11.0. The van der Waals surface area contributed by atoms with Gasteiger partial charge in [0.25, 0.3) is 0 Å². The zero-order chi connectivity index (χ0) is 19.5. The molecule has 0 unspecified atom stereocenters. The van der Waals surface area contributed by atoms with Crippen LogP contribution in [-0.2, 0) is 17.8 Å². The molecule has 1 aromatic carbocycles. The molecule has 6 nitrogen and oxygen atoms in total. The summed E-state index contributed by atoms with van der Waals surface area (Å²) < 4.78 is 5.42. The molecule has 4 aliphatic heterocycles. The third-order valence-corrected chi connectivity index (χ3v) is 6.52. The van der Waals surface area contributed by atoms with Gasteiger partial charge < -0.3 is 9.64 Å². The minimum atomic E-state index is 0.636. The molecular formula is C23H31N5O. The van der Waals surface area contributed by atoms with Crippen molar-refractivity contribution in [3.63, 3.8) is 0 Å². The van der Waals surface area contributed by atoms with Gasteiger partial charge in [0, 0.05) is 69.8 Å². The van der Waals surface area contributed by atoms with Crippen molar-refractivity contribution in [2.75, 3.05) is 50.8 Å². The average Bonchev–Trinajstić information content (AvgIpc) is 3.06. The number of rotatable bonds is 5. The molecule has 5 heterocycles. The second-order valence-corrected chi connectivity index (χ2v) is 8.70. The zero-order valence-corrected chi connectivity index (χ0v) is 17.1. The first-order valence-corrected chi connectivity index (χ1v) is 11.0. The lowest BCUT2D eigenvalue weighted by atomic mass is 9.95. The van der Waals surface area contributed by atoms with Gasteiger partial charge in [0.15, 0.2) is 0 Å². The Balaban J connectivity index is 1.22. The summed E-state index contributed by atoms with van der Waals surface area (Å²) in [6.45, 7) is 8.90. The summed E-state index contributed by atoms with van der Waals surface area (Å²) in [5, 5.41) is 0. The molecule has 0 amide bonds. The molecule has 29 heavy (non-hydrogen) atoms. The van der Waals surface area contributed by atoms with E-state index >= 15 is 0 Å². The van der Waals surface area contributed by atoms with Crippen molar-refractivity contribution >= 4 is 5.95 Å². The van der Waals surface area contributed by atoms with Gasteiger partial charge in [0.1, 0.15) is 0 Å². The number of piperidine rings is 1. The first kappa shape index (κ1) is 19.0. The SMILES string of the molecule is c1ccc(CN2C[C@@H]3CC[C@H](C2)N(Cc2cnc(N4CCOCC4)nc2)C3)cc1. The Labute approximate surface area is 173 Å². The molecule has 0 spiro atoms. The fourth-order valence-corrected chi connectivity index (χ4v) is 5.03. The number of hydrogen-bond donors (Lipinski definition) is 0. The summed E-state index contributed by atoms with van der Waals surface area (Å²) in [5.41, 5.74) is 2.65. The van der Waals surface area contributed by atoms with Gasteiger partial charge in [-0.25, -0.2) is 9.97 Å². The molecule has 4 fully saturated rings. The smallest absolute Gasteiger partial charge is 0.225 e. The van der Waals surface area contributed by atoms with Crippen LogP contribution in [0, 0.1) is 5.92 Å². The molecule has 0 N–H and O–H groups in total. The molecule has 2 aromatic rings. The lowest BCUT2D eigenvalue weighted by Crippen LogP contribution is -2.43. The van der Waals surface area contributed by atoms with Gasteiger partial charge in [-0.1, -0.05) is 30.3 Å². The monoisotopic (exact) mass is 393 g/mol. The van der Waals surface area contributed by atoms with Gasteiger partial charge in [0.05, 0.1) is 13.2 Å². The molecular weight excluding hydrogens is 362 g/mol. The van der Waals surface area contributed by atoms with E-state index in [-0.39, 0.29) is 0 Å². The quantitative estimate of drug-likeness (QED) is 0.777. The van der Waals surface area contributed by atoms with Crippen LogP contribution < -0.4 is 4.90 Å². The van der Waals surface area contributed by atoms with Gasteiger partial charge in [0.2, 0.25) is 5.95 Å². The first-order chi connectivity index (χ1) is 14.3. The van der Waals surface area contributed by atoms with Gasteiger partial charge in [-0.05, 0) is 24.3 Å². The lowest BCUT2D eigenvalue weighted by Gasteiger charge is -2.36. The van der Waals surface area contributed by atoms with Crippen LogP contribution in [0.3, 0.4) is 0 Å². The van der Waals surface area contributed by atoms with Crippen molar-refractivity contribution in [1.29, 1.82) is 0 Å². The highest BCUT2D eigenvalue weighted by Gasteiger charge is 2.34. The second kappa shape index (κ2) is 8.78. The van der Waals surface area contributed by atoms with E-state index in [0.717, 1.165) is 57.8 Å². The second-order valence-electron chi connectivity index (χ2n) is 8.70. The summed E-state index contributed by atoms with van der Waals surface area (Å²) in [6, 6.07) is 11.5. The highest BCUT2D eigenvalue weighted by Crippen LogP contribution is 2.30. The molecule has 154 valence electrons. The number of benzene rings is 1. The predicted octanol–water partition coefficient (Wildman–Crippen LogP) is 2.41. The number of nitrogens with zero attached hydrogens (tertiary/aromatic N) is 5. The summed E-state index contributed by atoms with van der Waals surface area (Å²) in [4.78, 5) is 16.8. The van der Waals surface area contributed by atoms with Crippen LogP contribution >= 0.6 is 0 Å². The minimum Gasteiger partial charge on any atom is -0.378 e. The third kappa shape index (κ3) is 4.60. The Bertz CT molecular complexity index is 778. The molecule has 2 atom stereocenters. The number of aromatic nitrogens is 2. The fourth-order valence-electron chi connectivity index (χ4n) is 5.03. The maximum atomic E-state index is 5.42.